The van der Waals surface area contributed by atoms with Crippen LogP contribution in [-0.4, -0.2) is 48.4 Å². The van der Waals surface area contributed by atoms with Crippen LogP contribution in [0.25, 0.3) is 0 Å². The number of esters is 1. The van der Waals surface area contributed by atoms with Gasteiger partial charge in [0.1, 0.15) is 0 Å². The van der Waals surface area contributed by atoms with Crippen molar-refractivity contribution < 1.29 is 66.6 Å². The zero-order valence-electron chi connectivity index (χ0n) is 15.3. The van der Waals surface area contributed by atoms with Gasteiger partial charge in [0.2, 0.25) is 0 Å². The molecule has 0 spiro atoms. The van der Waals surface area contributed by atoms with Gasteiger partial charge >= 0.3 is 41.8 Å². The summed E-state index contributed by atoms with van der Waals surface area (Å²) in [5.41, 5.74) is 0. The highest BCUT2D eigenvalue weighted by atomic mass is 19.4. The third-order valence-corrected chi connectivity index (χ3v) is 4.07. The summed E-state index contributed by atoms with van der Waals surface area (Å²) in [7, 11) is 0. The SMILES string of the molecule is CCCCOC(=O)C(CC)CC(F)(F)C(F)(F)C(F)(F)C(F)(F)C(F)(F)C(F)(F)F. The first-order valence-electron chi connectivity index (χ1n) is 8.28. The molecule has 180 valence electrons. The van der Waals surface area contributed by atoms with Crippen LogP contribution in [-0.2, 0) is 9.53 Å². The molecule has 0 aliphatic heterocycles. The molecule has 30 heavy (non-hydrogen) atoms. The molecule has 1 unspecified atom stereocenters. The Labute approximate surface area is 161 Å². The fourth-order valence-electron chi connectivity index (χ4n) is 2.07. The van der Waals surface area contributed by atoms with Crippen molar-refractivity contribution in [3.63, 3.8) is 0 Å². The lowest BCUT2D eigenvalue weighted by atomic mass is 9.88. The minimum absolute atomic E-state index is 0.200. The first-order valence-corrected chi connectivity index (χ1v) is 8.28. The van der Waals surface area contributed by atoms with Crippen molar-refractivity contribution in [2.24, 2.45) is 5.92 Å². The van der Waals surface area contributed by atoms with Crippen molar-refractivity contribution >= 4 is 5.97 Å². The molecule has 0 aromatic heterocycles. The third kappa shape index (κ3) is 4.89. The molecule has 2 nitrogen and oxygen atoms in total. The summed E-state index contributed by atoms with van der Waals surface area (Å²) in [6.45, 7) is 2.17. The van der Waals surface area contributed by atoms with Crippen molar-refractivity contribution in [1.82, 2.24) is 0 Å². The monoisotopic (exact) mass is 476 g/mol. The Balaban J connectivity index is 5.97. The molecule has 0 aliphatic carbocycles. The molecule has 15 heteroatoms. The van der Waals surface area contributed by atoms with E-state index in [2.05, 4.69) is 4.74 Å². The highest BCUT2D eigenvalue weighted by molar-refractivity contribution is 5.72. The Morgan fingerprint density at radius 2 is 1.17 bits per heavy atom. The van der Waals surface area contributed by atoms with E-state index in [1.165, 1.54) is 0 Å². The number of carbonyl (C=O) groups is 1. The van der Waals surface area contributed by atoms with Gasteiger partial charge < -0.3 is 4.74 Å². The number of halogens is 13. The van der Waals surface area contributed by atoms with E-state index in [0.29, 0.717) is 6.42 Å². The molecular weight excluding hydrogens is 459 g/mol. The minimum atomic E-state index is -7.95. The molecule has 0 amide bonds. The number of hydrogen-bond acceptors (Lipinski definition) is 2. The maximum atomic E-state index is 13.8. The van der Waals surface area contributed by atoms with E-state index in [1.807, 2.05) is 0 Å². The lowest BCUT2D eigenvalue weighted by molar-refractivity contribution is -0.440. The van der Waals surface area contributed by atoms with Crippen LogP contribution in [0.15, 0.2) is 0 Å². The van der Waals surface area contributed by atoms with Gasteiger partial charge in [-0.15, -0.1) is 0 Å². The molecule has 0 saturated heterocycles. The van der Waals surface area contributed by atoms with Crippen molar-refractivity contribution in [1.29, 1.82) is 0 Å². The predicted molar refractivity (Wildman–Crippen MR) is 75.1 cm³/mol. The smallest absolute Gasteiger partial charge is 0.460 e. The Hall–Kier alpha value is -1.44. The highest BCUT2D eigenvalue weighted by Gasteiger charge is 2.90. The van der Waals surface area contributed by atoms with Crippen LogP contribution in [0.3, 0.4) is 0 Å². The number of hydrogen-bond donors (Lipinski definition) is 0. The van der Waals surface area contributed by atoms with Crippen LogP contribution in [0, 0.1) is 5.92 Å². The average molecular weight is 476 g/mol. The molecule has 0 aliphatic rings. The Morgan fingerprint density at radius 1 is 0.733 bits per heavy atom. The summed E-state index contributed by atoms with van der Waals surface area (Å²) in [6.07, 6.45) is -10.1. The van der Waals surface area contributed by atoms with Crippen molar-refractivity contribution in [3.05, 3.63) is 0 Å². The van der Waals surface area contributed by atoms with E-state index in [0.717, 1.165) is 6.92 Å². The molecule has 1 atom stereocenters. The van der Waals surface area contributed by atoms with E-state index in [9.17, 15) is 61.9 Å². The lowest BCUT2D eigenvalue weighted by Crippen LogP contribution is -2.70. The fraction of sp³-hybridized carbons (Fsp3) is 0.933. The van der Waals surface area contributed by atoms with Crippen LogP contribution in [0.2, 0.25) is 0 Å². The lowest BCUT2D eigenvalue weighted by Gasteiger charge is -2.40. The summed E-state index contributed by atoms with van der Waals surface area (Å²) in [6, 6.07) is 0. The normalized spacial score (nSPS) is 15.8. The molecule has 0 rings (SSSR count). The number of rotatable bonds is 11. The third-order valence-electron chi connectivity index (χ3n) is 4.07. The molecule has 0 aromatic carbocycles. The van der Waals surface area contributed by atoms with Gasteiger partial charge in [0, 0.05) is 6.42 Å². The molecule has 0 aromatic rings. The quantitative estimate of drug-likeness (QED) is 0.194. The molecule has 0 N–H and O–H groups in total. The van der Waals surface area contributed by atoms with Gasteiger partial charge in [0.15, 0.2) is 0 Å². The first-order chi connectivity index (χ1) is 13.2. The van der Waals surface area contributed by atoms with Gasteiger partial charge in [0.05, 0.1) is 12.5 Å². The number of alkyl halides is 13. The Morgan fingerprint density at radius 3 is 1.53 bits per heavy atom. The molecular formula is C15H17F13O2. The standard InChI is InChI=1S/C15H17F13O2/c1-3-5-6-30-9(29)8(4-2)7-10(16,17)11(18,19)12(20,21)13(22,23)14(24,25)15(26,27)28/h8H,3-7H2,1-2H3. The van der Waals surface area contributed by atoms with Gasteiger partial charge in [-0.1, -0.05) is 20.3 Å². The van der Waals surface area contributed by atoms with Crippen LogP contribution in [0.5, 0.6) is 0 Å². The zero-order valence-corrected chi connectivity index (χ0v) is 15.3. The maximum absolute atomic E-state index is 13.8. The van der Waals surface area contributed by atoms with Gasteiger partial charge in [0.25, 0.3) is 0 Å². The molecule has 0 fully saturated rings. The van der Waals surface area contributed by atoms with Crippen LogP contribution < -0.4 is 0 Å². The fourth-order valence-corrected chi connectivity index (χ4v) is 2.07. The summed E-state index contributed by atoms with van der Waals surface area (Å²) in [4.78, 5) is 11.6. The second kappa shape index (κ2) is 8.97. The first kappa shape index (κ1) is 28.6. The summed E-state index contributed by atoms with van der Waals surface area (Å²) in [5.74, 6) is -41.1. The minimum Gasteiger partial charge on any atom is -0.465 e. The van der Waals surface area contributed by atoms with E-state index < -0.39 is 60.5 Å². The predicted octanol–water partition coefficient (Wildman–Crippen LogP) is 6.48. The average Bonchev–Trinajstić information content (AvgIpc) is 2.57. The summed E-state index contributed by atoms with van der Waals surface area (Å²) >= 11 is 0. The van der Waals surface area contributed by atoms with Gasteiger partial charge in [-0.25, -0.2) is 0 Å². The topological polar surface area (TPSA) is 26.3 Å². The Bertz CT molecular complexity index is 584. The van der Waals surface area contributed by atoms with E-state index >= 15 is 0 Å². The molecule has 0 heterocycles. The zero-order chi connectivity index (χ0) is 24.4. The largest absolute Gasteiger partial charge is 0.465 e. The summed E-state index contributed by atoms with van der Waals surface area (Å²) in [5, 5.41) is 0. The number of ether oxygens (including phenoxy) is 1. The molecule has 0 saturated carbocycles. The van der Waals surface area contributed by atoms with Crippen molar-refractivity contribution in [2.75, 3.05) is 6.61 Å². The van der Waals surface area contributed by atoms with Crippen LogP contribution >= 0.6 is 0 Å². The van der Waals surface area contributed by atoms with E-state index in [-0.39, 0.29) is 13.0 Å². The van der Waals surface area contributed by atoms with E-state index in [4.69, 9.17) is 0 Å². The second-order valence-electron chi connectivity index (χ2n) is 6.33. The van der Waals surface area contributed by atoms with E-state index in [1.54, 1.807) is 6.92 Å². The Kier molecular flexibility index (Phi) is 8.54. The maximum Gasteiger partial charge on any atom is 0.460 e. The molecule has 0 radical (unpaired) electrons. The van der Waals surface area contributed by atoms with Crippen molar-refractivity contribution in [2.45, 2.75) is 75.3 Å². The van der Waals surface area contributed by atoms with Crippen LogP contribution in [0.1, 0.15) is 39.5 Å². The number of carbonyl (C=O) groups excluding carboxylic acids is 1. The highest BCUT2D eigenvalue weighted by Crippen LogP contribution is 2.61. The van der Waals surface area contributed by atoms with Gasteiger partial charge in [-0.2, -0.15) is 57.1 Å². The molecule has 0 bridgehead atoms. The van der Waals surface area contributed by atoms with Crippen molar-refractivity contribution in [3.8, 4) is 0 Å². The van der Waals surface area contributed by atoms with Gasteiger partial charge in [-0.3, -0.25) is 4.79 Å². The number of unbranched alkanes of at least 4 members (excludes halogenated alkanes) is 1. The second-order valence-corrected chi connectivity index (χ2v) is 6.33. The summed E-state index contributed by atoms with van der Waals surface area (Å²) < 4.78 is 174. The van der Waals surface area contributed by atoms with Gasteiger partial charge in [-0.05, 0) is 12.8 Å². The van der Waals surface area contributed by atoms with Crippen LogP contribution in [0.4, 0.5) is 57.1 Å².